The third-order valence-electron chi connectivity index (χ3n) is 4.24. The summed E-state index contributed by atoms with van der Waals surface area (Å²) in [4.78, 5) is 24.1. The molecule has 3 rings (SSSR count). The van der Waals surface area contributed by atoms with Gasteiger partial charge < -0.3 is 0 Å². The largest absolute Gasteiger partial charge is 0.273 e. The van der Waals surface area contributed by atoms with E-state index in [1.54, 1.807) is 0 Å². The molecule has 2 aliphatic rings. The average molecular weight is 284 g/mol. The number of carbonyl (C=O) groups is 2. The first-order valence-electron chi connectivity index (χ1n) is 7.55. The number of imide groups is 1. The summed E-state index contributed by atoms with van der Waals surface area (Å²) in [6, 6.07) is 8.12. The third-order valence-corrected chi connectivity index (χ3v) is 4.24. The van der Waals surface area contributed by atoms with E-state index in [0.29, 0.717) is 25.3 Å². The minimum absolute atomic E-state index is 0.0946. The fourth-order valence-electron chi connectivity index (χ4n) is 2.87. The first-order valence-corrected chi connectivity index (χ1v) is 7.55. The second kappa shape index (κ2) is 5.35. The number of hydrogen-bond donors (Lipinski definition) is 0. The Labute approximate surface area is 125 Å². The van der Waals surface area contributed by atoms with Crippen LogP contribution in [0.5, 0.6) is 0 Å². The monoisotopic (exact) mass is 284 g/mol. The van der Waals surface area contributed by atoms with Gasteiger partial charge in [-0.1, -0.05) is 50.6 Å². The van der Waals surface area contributed by atoms with Crippen LogP contribution >= 0.6 is 0 Å². The highest BCUT2D eigenvalue weighted by Gasteiger charge is 2.38. The van der Waals surface area contributed by atoms with Gasteiger partial charge in [0.15, 0.2) is 0 Å². The number of fused-ring (bicyclic) bond motifs is 1. The number of nitrogens with zero attached hydrogens (tertiary/aromatic N) is 2. The lowest BCUT2D eigenvalue weighted by Gasteiger charge is -2.29. The Morgan fingerprint density at radius 3 is 2.52 bits per heavy atom. The molecule has 0 bridgehead atoms. The van der Waals surface area contributed by atoms with Crippen LogP contribution in [-0.2, 0) is 16.1 Å². The summed E-state index contributed by atoms with van der Waals surface area (Å²) in [6.45, 7) is 4.88. The summed E-state index contributed by atoms with van der Waals surface area (Å²) < 4.78 is 0. The standard InChI is InChI=1S/C17H20N2O2/c1-3-12(2)10-15-14-7-5-4-6-13(14)11-18(15)19-16(20)8-9-17(19)21/h4-7,10,12H,3,8-9,11H2,1-2H3. The van der Waals surface area contributed by atoms with E-state index in [2.05, 4.69) is 32.1 Å². The molecule has 1 aromatic carbocycles. The van der Waals surface area contributed by atoms with Gasteiger partial charge in [-0.15, -0.1) is 0 Å². The normalized spacial score (nSPS) is 21.3. The van der Waals surface area contributed by atoms with Crippen molar-refractivity contribution >= 4 is 17.5 Å². The lowest BCUT2D eigenvalue weighted by molar-refractivity contribution is -0.152. The van der Waals surface area contributed by atoms with Gasteiger partial charge >= 0.3 is 0 Å². The first kappa shape index (κ1) is 13.9. The molecule has 2 heterocycles. The van der Waals surface area contributed by atoms with Crippen LogP contribution < -0.4 is 0 Å². The van der Waals surface area contributed by atoms with Crippen LogP contribution in [0.25, 0.3) is 5.70 Å². The molecule has 1 saturated heterocycles. The Bertz CT molecular complexity index is 605. The zero-order valence-electron chi connectivity index (χ0n) is 12.5. The Balaban J connectivity index is 2.03. The summed E-state index contributed by atoms with van der Waals surface area (Å²) in [6.07, 6.45) is 3.84. The topological polar surface area (TPSA) is 40.6 Å². The summed E-state index contributed by atoms with van der Waals surface area (Å²) in [7, 11) is 0. The number of hydrazine groups is 1. The third kappa shape index (κ3) is 2.35. The second-order valence-electron chi connectivity index (χ2n) is 5.75. The molecule has 1 atom stereocenters. The smallest absolute Gasteiger partial charge is 0.248 e. The van der Waals surface area contributed by atoms with Crippen LogP contribution in [-0.4, -0.2) is 21.8 Å². The zero-order chi connectivity index (χ0) is 15.0. The highest BCUT2D eigenvalue weighted by atomic mass is 16.2. The van der Waals surface area contributed by atoms with E-state index in [1.807, 2.05) is 17.1 Å². The van der Waals surface area contributed by atoms with Crippen LogP contribution in [0.3, 0.4) is 0 Å². The number of carbonyl (C=O) groups excluding carboxylic acids is 2. The molecule has 2 amide bonds. The van der Waals surface area contributed by atoms with E-state index < -0.39 is 0 Å². The molecule has 0 aromatic heterocycles. The maximum atomic E-state index is 12.1. The molecule has 1 aromatic rings. The fraction of sp³-hybridized carbons (Fsp3) is 0.412. The SMILES string of the molecule is CCC(C)C=C1c2ccccc2CN1N1C(=O)CCC1=O. The van der Waals surface area contributed by atoms with Gasteiger partial charge in [0.1, 0.15) is 0 Å². The Hall–Kier alpha value is -2.10. The Morgan fingerprint density at radius 2 is 1.86 bits per heavy atom. The summed E-state index contributed by atoms with van der Waals surface area (Å²) in [5.74, 6) is 0.215. The molecule has 0 aliphatic carbocycles. The van der Waals surface area contributed by atoms with E-state index in [9.17, 15) is 9.59 Å². The van der Waals surface area contributed by atoms with Gasteiger partial charge in [-0.25, -0.2) is 0 Å². The molecule has 21 heavy (non-hydrogen) atoms. The highest BCUT2D eigenvalue weighted by molar-refractivity contribution is 6.02. The Kier molecular flexibility index (Phi) is 3.53. The predicted molar refractivity (Wildman–Crippen MR) is 80.5 cm³/mol. The van der Waals surface area contributed by atoms with Crippen molar-refractivity contribution in [1.82, 2.24) is 10.0 Å². The van der Waals surface area contributed by atoms with Crippen molar-refractivity contribution in [2.24, 2.45) is 5.92 Å². The molecule has 110 valence electrons. The van der Waals surface area contributed by atoms with Crippen molar-refractivity contribution in [2.45, 2.75) is 39.7 Å². The van der Waals surface area contributed by atoms with E-state index in [1.165, 1.54) is 10.6 Å². The molecule has 0 spiro atoms. The van der Waals surface area contributed by atoms with Gasteiger partial charge in [-0.2, -0.15) is 5.01 Å². The van der Waals surface area contributed by atoms with Crippen molar-refractivity contribution in [3.8, 4) is 0 Å². The summed E-state index contributed by atoms with van der Waals surface area (Å²) >= 11 is 0. The molecule has 0 saturated carbocycles. The lowest BCUT2D eigenvalue weighted by atomic mass is 10.0. The minimum atomic E-state index is -0.0946. The van der Waals surface area contributed by atoms with Crippen LogP contribution in [0.2, 0.25) is 0 Å². The average Bonchev–Trinajstić information content (AvgIpc) is 3.00. The summed E-state index contributed by atoms with van der Waals surface area (Å²) in [5.41, 5.74) is 3.29. The summed E-state index contributed by atoms with van der Waals surface area (Å²) in [5, 5.41) is 3.20. The van der Waals surface area contributed by atoms with Gasteiger partial charge in [-0.3, -0.25) is 14.6 Å². The number of amides is 2. The number of allylic oxidation sites excluding steroid dienone is 1. The number of benzene rings is 1. The predicted octanol–water partition coefficient (Wildman–Crippen LogP) is 2.95. The molecular formula is C17H20N2O2. The minimum Gasteiger partial charge on any atom is -0.273 e. The molecule has 1 unspecified atom stereocenters. The molecule has 0 N–H and O–H groups in total. The van der Waals surface area contributed by atoms with E-state index in [-0.39, 0.29) is 11.8 Å². The number of rotatable bonds is 3. The lowest BCUT2D eigenvalue weighted by Crippen LogP contribution is -2.42. The van der Waals surface area contributed by atoms with Gasteiger partial charge in [0, 0.05) is 18.4 Å². The van der Waals surface area contributed by atoms with Crippen molar-refractivity contribution in [1.29, 1.82) is 0 Å². The van der Waals surface area contributed by atoms with Gasteiger partial charge in [0.05, 0.1) is 12.2 Å². The molecule has 1 fully saturated rings. The van der Waals surface area contributed by atoms with Crippen LogP contribution in [0.1, 0.15) is 44.2 Å². The fourth-order valence-corrected chi connectivity index (χ4v) is 2.87. The molecule has 2 aliphatic heterocycles. The van der Waals surface area contributed by atoms with Gasteiger partial charge in [0.2, 0.25) is 11.8 Å². The van der Waals surface area contributed by atoms with E-state index in [0.717, 1.165) is 17.7 Å². The van der Waals surface area contributed by atoms with E-state index in [4.69, 9.17) is 0 Å². The quantitative estimate of drug-likeness (QED) is 0.801. The highest BCUT2D eigenvalue weighted by Crippen LogP contribution is 2.36. The van der Waals surface area contributed by atoms with Crippen molar-refractivity contribution in [3.05, 3.63) is 41.5 Å². The van der Waals surface area contributed by atoms with Crippen molar-refractivity contribution < 1.29 is 9.59 Å². The second-order valence-corrected chi connectivity index (χ2v) is 5.75. The van der Waals surface area contributed by atoms with Crippen molar-refractivity contribution in [2.75, 3.05) is 0 Å². The number of hydrogen-bond acceptors (Lipinski definition) is 3. The maximum Gasteiger partial charge on any atom is 0.248 e. The maximum absolute atomic E-state index is 12.1. The molecule has 4 nitrogen and oxygen atoms in total. The van der Waals surface area contributed by atoms with Crippen LogP contribution in [0.4, 0.5) is 0 Å². The van der Waals surface area contributed by atoms with Crippen LogP contribution in [0, 0.1) is 5.92 Å². The first-order chi connectivity index (χ1) is 10.1. The van der Waals surface area contributed by atoms with Crippen LogP contribution in [0.15, 0.2) is 30.3 Å². The van der Waals surface area contributed by atoms with Gasteiger partial charge in [0.25, 0.3) is 0 Å². The molecule has 0 radical (unpaired) electrons. The molecule has 4 heteroatoms. The van der Waals surface area contributed by atoms with E-state index >= 15 is 0 Å². The van der Waals surface area contributed by atoms with Crippen molar-refractivity contribution in [3.63, 3.8) is 0 Å². The Morgan fingerprint density at radius 1 is 1.19 bits per heavy atom. The van der Waals surface area contributed by atoms with Gasteiger partial charge in [-0.05, 0) is 11.5 Å². The zero-order valence-corrected chi connectivity index (χ0v) is 12.5. The molecular weight excluding hydrogens is 264 g/mol.